The van der Waals surface area contributed by atoms with Gasteiger partial charge in [0.25, 0.3) is 0 Å². The molecule has 2 atom stereocenters. The summed E-state index contributed by atoms with van der Waals surface area (Å²) < 4.78 is 11.8. The van der Waals surface area contributed by atoms with Crippen molar-refractivity contribution in [1.29, 1.82) is 0 Å². The van der Waals surface area contributed by atoms with Gasteiger partial charge in [-0.05, 0) is 74.4 Å². The SMILES string of the molecule is CC(C)NC(=O)N(CC(=O)N1CCc2sccc2[C@H]1COc1ccc(Cl)cc1)C[C@@H]1CCCO1. The fourth-order valence-electron chi connectivity index (χ4n) is 4.43. The van der Waals surface area contributed by atoms with Gasteiger partial charge in [-0.25, -0.2) is 4.79 Å². The lowest BCUT2D eigenvalue weighted by molar-refractivity contribution is -0.135. The molecule has 7 nitrogen and oxygen atoms in total. The van der Waals surface area contributed by atoms with Crippen molar-refractivity contribution in [1.82, 2.24) is 15.1 Å². The van der Waals surface area contributed by atoms with Crippen molar-refractivity contribution in [2.24, 2.45) is 0 Å². The summed E-state index contributed by atoms with van der Waals surface area (Å²) in [5.41, 5.74) is 1.12. The number of urea groups is 1. The van der Waals surface area contributed by atoms with Gasteiger partial charge in [0.1, 0.15) is 18.9 Å². The maximum atomic E-state index is 13.6. The minimum absolute atomic E-state index is 0.00925. The molecule has 1 saturated heterocycles. The van der Waals surface area contributed by atoms with E-state index in [1.165, 1.54) is 4.88 Å². The summed E-state index contributed by atoms with van der Waals surface area (Å²) in [7, 11) is 0. The van der Waals surface area contributed by atoms with E-state index in [0.717, 1.165) is 24.8 Å². The van der Waals surface area contributed by atoms with Gasteiger partial charge in [0.2, 0.25) is 5.91 Å². The number of hydrogen-bond acceptors (Lipinski definition) is 5. The molecule has 0 saturated carbocycles. The summed E-state index contributed by atoms with van der Waals surface area (Å²) in [6.45, 7) is 5.88. The highest BCUT2D eigenvalue weighted by atomic mass is 35.5. The van der Waals surface area contributed by atoms with Crippen molar-refractivity contribution in [2.75, 3.05) is 32.8 Å². The van der Waals surface area contributed by atoms with Gasteiger partial charge in [0.15, 0.2) is 0 Å². The van der Waals surface area contributed by atoms with E-state index < -0.39 is 0 Å². The Hall–Kier alpha value is -2.29. The van der Waals surface area contributed by atoms with Crippen LogP contribution in [0.15, 0.2) is 35.7 Å². The van der Waals surface area contributed by atoms with E-state index in [1.807, 2.05) is 30.9 Å². The molecule has 184 valence electrons. The predicted octanol–water partition coefficient (Wildman–Crippen LogP) is 4.51. The Morgan fingerprint density at radius 1 is 1.29 bits per heavy atom. The van der Waals surface area contributed by atoms with Crippen LogP contribution in [0.3, 0.4) is 0 Å². The highest BCUT2D eigenvalue weighted by Gasteiger charge is 2.34. The molecular formula is C25H32ClN3O4S. The first-order valence-electron chi connectivity index (χ1n) is 11.8. The zero-order valence-corrected chi connectivity index (χ0v) is 21.2. The van der Waals surface area contributed by atoms with E-state index in [4.69, 9.17) is 21.1 Å². The molecule has 4 rings (SSSR count). The monoisotopic (exact) mass is 505 g/mol. The molecule has 34 heavy (non-hydrogen) atoms. The smallest absolute Gasteiger partial charge is 0.318 e. The highest BCUT2D eigenvalue weighted by Crippen LogP contribution is 2.34. The summed E-state index contributed by atoms with van der Waals surface area (Å²) in [5.74, 6) is 0.619. The van der Waals surface area contributed by atoms with Crippen molar-refractivity contribution in [3.05, 3.63) is 51.2 Å². The normalized spacial score (nSPS) is 19.7. The van der Waals surface area contributed by atoms with Gasteiger partial charge >= 0.3 is 6.03 Å². The molecular weight excluding hydrogens is 474 g/mol. The number of thiophene rings is 1. The van der Waals surface area contributed by atoms with Gasteiger partial charge in [-0.1, -0.05) is 11.6 Å². The van der Waals surface area contributed by atoms with Crippen LogP contribution in [0.4, 0.5) is 4.79 Å². The highest BCUT2D eigenvalue weighted by molar-refractivity contribution is 7.10. The van der Waals surface area contributed by atoms with Crippen LogP contribution in [0.25, 0.3) is 0 Å². The third-order valence-electron chi connectivity index (χ3n) is 6.11. The van der Waals surface area contributed by atoms with E-state index in [1.54, 1.807) is 28.4 Å². The first kappa shape index (κ1) is 24.8. The Morgan fingerprint density at radius 2 is 2.09 bits per heavy atom. The van der Waals surface area contributed by atoms with Gasteiger partial charge in [0.05, 0.1) is 12.1 Å². The topological polar surface area (TPSA) is 71.1 Å². The van der Waals surface area contributed by atoms with E-state index in [2.05, 4.69) is 16.8 Å². The van der Waals surface area contributed by atoms with E-state index >= 15 is 0 Å². The largest absolute Gasteiger partial charge is 0.491 e. The lowest BCUT2D eigenvalue weighted by Crippen LogP contribution is -2.52. The number of hydrogen-bond donors (Lipinski definition) is 1. The molecule has 1 aromatic carbocycles. The molecule has 1 aromatic heterocycles. The lowest BCUT2D eigenvalue weighted by Gasteiger charge is -2.37. The molecule has 0 spiro atoms. The minimum atomic E-state index is -0.235. The average Bonchev–Trinajstić information content (AvgIpc) is 3.49. The molecule has 1 fully saturated rings. The van der Waals surface area contributed by atoms with Gasteiger partial charge < -0.3 is 24.6 Å². The lowest BCUT2D eigenvalue weighted by atomic mass is 10.0. The number of ether oxygens (including phenoxy) is 2. The number of nitrogens with one attached hydrogen (secondary N) is 1. The molecule has 0 unspecified atom stereocenters. The van der Waals surface area contributed by atoms with E-state index in [-0.39, 0.29) is 36.7 Å². The molecule has 3 amide bonds. The first-order chi connectivity index (χ1) is 16.4. The summed E-state index contributed by atoms with van der Waals surface area (Å²) in [6, 6.07) is 8.83. The Kier molecular flexibility index (Phi) is 8.34. The van der Waals surface area contributed by atoms with Crippen molar-refractivity contribution < 1.29 is 19.1 Å². The van der Waals surface area contributed by atoms with Gasteiger partial charge in [-0.2, -0.15) is 0 Å². The molecule has 0 radical (unpaired) electrons. The van der Waals surface area contributed by atoms with Crippen LogP contribution in [-0.4, -0.2) is 66.7 Å². The number of carbonyl (C=O) groups excluding carboxylic acids is 2. The number of benzene rings is 1. The number of amides is 3. The zero-order chi connectivity index (χ0) is 24.1. The Morgan fingerprint density at radius 3 is 2.79 bits per heavy atom. The van der Waals surface area contributed by atoms with Crippen LogP contribution in [0.1, 0.15) is 43.2 Å². The average molecular weight is 506 g/mol. The fraction of sp³-hybridized carbons (Fsp3) is 0.520. The third-order valence-corrected chi connectivity index (χ3v) is 7.36. The maximum Gasteiger partial charge on any atom is 0.318 e. The van der Waals surface area contributed by atoms with E-state index in [0.29, 0.717) is 37.1 Å². The molecule has 2 aromatic rings. The summed E-state index contributed by atoms with van der Waals surface area (Å²) >= 11 is 7.70. The Bertz CT molecular complexity index is 975. The van der Waals surface area contributed by atoms with Crippen molar-refractivity contribution in [3.8, 4) is 5.75 Å². The third kappa shape index (κ3) is 6.23. The Balaban J connectivity index is 1.48. The summed E-state index contributed by atoms with van der Waals surface area (Å²) in [6.07, 6.45) is 2.66. The van der Waals surface area contributed by atoms with Crippen LogP contribution in [0.2, 0.25) is 5.02 Å². The maximum absolute atomic E-state index is 13.6. The number of carbonyl (C=O) groups is 2. The number of halogens is 1. The summed E-state index contributed by atoms with van der Waals surface area (Å²) in [5, 5.41) is 5.64. The van der Waals surface area contributed by atoms with Crippen LogP contribution in [0.5, 0.6) is 5.75 Å². The van der Waals surface area contributed by atoms with E-state index in [9.17, 15) is 9.59 Å². The van der Waals surface area contributed by atoms with Crippen LogP contribution in [-0.2, 0) is 16.0 Å². The minimum Gasteiger partial charge on any atom is -0.491 e. The second-order valence-electron chi connectivity index (χ2n) is 9.04. The number of rotatable bonds is 8. The molecule has 2 aliphatic rings. The zero-order valence-electron chi connectivity index (χ0n) is 19.7. The van der Waals surface area contributed by atoms with Crippen LogP contribution in [0, 0.1) is 0 Å². The number of nitrogens with zero attached hydrogens (tertiary/aromatic N) is 2. The second kappa shape index (κ2) is 11.4. The van der Waals surface area contributed by atoms with Gasteiger partial charge in [-0.3, -0.25) is 4.79 Å². The standard InChI is InChI=1S/C25H32ClN3O4S/c1-17(2)27-25(31)28(14-20-4-3-12-32-20)15-24(30)29-11-9-23-21(10-13-34-23)22(29)16-33-19-7-5-18(26)6-8-19/h5-8,10,13,17,20,22H,3-4,9,11-12,14-16H2,1-2H3,(H,27,31)/t20-,22+/m0/s1. The van der Waals surface area contributed by atoms with Crippen molar-refractivity contribution >= 4 is 34.9 Å². The quantitative estimate of drug-likeness (QED) is 0.573. The Labute approximate surface area is 210 Å². The molecule has 2 aliphatic heterocycles. The van der Waals surface area contributed by atoms with Crippen LogP contribution < -0.4 is 10.1 Å². The summed E-state index contributed by atoms with van der Waals surface area (Å²) in [4.78, 5) is 31.2. The molecule has 0 aliphatic carbocycles. The first-order valence-corrected chi connectivity index (χ1v) is 13.1. The molecule has 9 heteroatoms. The van der Waals surface area contributed by atoms with Crippen LogP contribution >= 0.6 is 22.9 Å². The fourth-order valence-corrected chi connectivity index (χ4v) is 5.48. The van der Waals surface area contributed by atoms with Gasteiger partial charge in [-0.15, -0.1) is 11.3 Å². The number of fused-ring (bicyclic) bond motifs is 1. The predicted molar refractivity (Wildman–Crippen MR) is 134 cm³/mol. The molecule has 1 N–H and O–H groups in total. The van der Waals surface area contributed by atoms with Gasteiger partial charge in [0, 0.05) is 35.6 Å². The van der Waals surface area contributed by atoms with Crippen molar-refractivity contribution in [2.45, 2.75) is 51.3 Å². The second-order valence-corrected chi connectivity index (χ2v) is 10.5. The molecule has 3 heterocycles. The molecule has 0 bridgehead atoms. The van der Waals surface area contributed by atoms with Crippen molar-refractivity contribution in [3.63, 3.8) is 0 Å².